The van der Waals surface area contributed by atoms with Gasteiger partial charge in [-0.25, -0.2) is 0 Å². The maximum absolute atomic E-state index is 13.6. The van der Waals surface area contributed by atoms with Crippen molar-refractivity contribution in [3.63, 3.8) is 0 Å². The molecule has 0 unspecified atom stereocenters. The highest BCUT2D eigenvalue weighted by Gasteiger charge is 2.30. The third kappa shape index (κ3) is 7.74. The summed E-state index contributed by atoms with van der Waals surface area (Å²) in [7, 11) is 3.14. The molecule has 1 aliphatic rings. The third-order valence-electron chi connectivity index (χ3n) is 7.50. The Morgan fingerprint density at radius 1 is 1.05 bits per heavy atom. The van der Waals surface area contributed by atoms with Crippen molar-refractivity contribution in [3.8, 4) is 16.9 Å². The summed E-state index contributed by atoms with van der Waals surface area (Å²) in [5.41, 5.74) is 3.11. The number of hydrogen-bond acceptors (Lipinski definition) is 6. The van der Waals surface area contributed by atoms with Crippen LogP contribution in [-0.2, 0) is 20.8 Å². The molecule has 1 aromatic heterocycles. The van der Waals surface area contributed by atoms with Crippen LogP contribution in [0.5, 0.6) is 5.75 Å². The van der Waals surface area contributed by atoms with Crippen molar-refractivity contribution in [1.29, 1.82) is 0 Å². The van der Waals surface area contributed by atoms with E-state index in [0.717, 1.165) is 16.7 Å². The van der Waals surface area contributed by atoms with Crippen molar-refractivity contribution in [2.45, 2.75) is 44.7 Å². The van der Waals surface area contributed by atoms with E-state index in [1.807, 2.05) is 30.3 Å². The molecule has 0 bridgehead atoms. The molecule has 42 heavy (non-hydrogen) atoms. The van der Waals surface area contributed by atoms with Crippen molar-refractivity contribution in [1.82, 2.24) is 30.6 Å². The molecule has 0 spiro atoms. The predicted octanol–water partition coefficient (Wildman–Crippen LogP) is 2.40. The maximum atomic E-state index is 13.6. The molecule has 1 saturated heterocycles. The first kappa shape index (κ1) is 30.3. The molecular formula is C31H38N6O5. The first-order valence-corrected chi connectivity index (χ1v) is 14.1. The standard InChI is InChI=1S/C31H38N6O5/c1-21-29(39)32-14-6-16-37(30(40)24-8-4-7-23(18-24)25-19-33-34-20-25)15-5-9-28(38)35-27(31(41)36(21)2)17-22-10-12-26(42-3)13-11-22/h4,7-8,10-13,18-21,27H,5-6,9,14-17H2,1-3H3,(H,32,39)(H,33,34)(H,35,38)/t21-,27-/m0/s1. The summed E-state index contributed by atoms with van der Waals surface area (Å²) in [5.74, 6) is -0.425. The van der Waals surface area contributed by atoms with Gasteiger partial charge >= 0.3 is 0 Å². The number of nitrogens with zero attached hydrogens (tertiary/aromatic N) is 3. The molecule has 3 aromatic rings. The maximum Gasteiger partial charge on any atom is 0.253 e. The van der Waals surface area contributed by atoms with Crippen LogP contribution in [0.4, 0.5) is 0 Å². The Balaban J connectivity index is 1.51. The number of carbonyl (C=O) groups is 4. The lowest BCUT2D eigenvalue weighted by atomic mass is 10.0. The molecule has 2 atom stereocenters. The van der Waals surface area contributed by atoms with Crippen LogP contribution in [0.2, 0.25) is 0 Å². The molecule has 0 saturated carbocycles. The Morgan fingerprint density at radius 2 is 1.81 bits per heavy atom. The second-order valence-electron chi connectivity index (χ2n) is 10.4. The van der Waals surface area contributed by atoms with Crippen LogP contribution in [0, 0.1) is 0 Å². The first-order valence-electron chi connectivity index (χ1n) is 14.1. The largest absolute Gasteiger partial charge is 0.497 e. The van der Waals surface area contributed by atoms with E-state index in [-0.39, 0.29) is 36.5 Å². The molecule has 2 heterocycles. The SMILES string of the molecule is COc1ccc(C[C@@H]2NC(=O)CCCN(C(=O)c3cccc(-c4cn[nH]c4)c3)CCCNC(=O)[C@H](C)N(C)C2=O)cc1. The van der Waals surface area contributed by atoms with Crippen molar-refractivity contribution in [3.05, 3.63) is 72.1 Å². The molecule has 0 aliphatic carbocycles. The topological polar surface area (TPSA) is 137 Å². The van der Waals surface area contributed by atoms with Gasteiger partial charge in [-0.3, -0.25) is 24.3 Å². The van der Waals surface area contributed by atoms with Gasteiger partial charge in [0.25, 0.3) is 5.91 Å². The summed E-state index contributed by atoms with van der Waals surface area (Å²) in [4.78, 5) is 56.1. The van der Waals surface area contributed by atoms with Gasteiger partial charge in [-0.1, -0.05) is 24.3 Å². The van der Waals surface area contributed by atoms with Crippen LogP contribution in [-0.4, -0.2) is 89.5 Å². The van der Waals surface area contributed by atoms with Crippen molar-refractivity contribution >= 4 is 23.6 Å². The Bertz CT molecular complexity index is 1370. The van der Waals surface area contributed by atoms with Crippen molar-refractivity contribution < 1.29 is 23.9 Å². The second kappa shape index (κ2) is 14.3. The molecule has 11 heteroatoms. The lowest BCUT2D eigenvalue weighted by Gasteiger charge is -2.29. The Hall–Kier alpha value is -4.67. The van der Waals surface area contributed by atoms with Gasteiger partial charge in [0.15, 0.2) is 0 Å². The quantitative estimate of drug-likeness (QED) is 0.428. The minimum Gasteiger partial charge on any atom is -0.497 e. The van der Waals surface area contributed by atoms with Crippen LogP contribution in [0.25, 0.3) is 11.1 Å². The second-order valence-corrected chi connectivity index (χ2v) is 10.4. The Morgan fingerprint density at radius 3 is 2.52 bits per heavy atom. The number of methoxy groups -OCH3 is 1. The number of benzene rings is 2. The summed E-state index contributed by atoms with van der Waals surface area (Å²) < 4.78 is 5.22. The number of ether oxygens (including phenoxy) is 1. The molecule has 222 valence electrons. The van der Waals surface area contributed by atoms with Crippen molar-refractivity contribution in [2.75, 3.05) is 33.8 Å². The van der Waals surface area contributed by atoms with Gasteiger partial charge in [-0.15, -0.1) is 0 Å². The van der Waals surface area contributed by atoms with Gasteiger partial charge in [0.05, 0.1) is 13.3 Å². The minimum atomic E-state index is -0.861. The number of aromatic nitrogens is 2. The van der Waals surface area contributed by atoms with E-state index < -0.39 is 12.1 Å². The first-order chi connectivity index (χ1) is 20.3. The summed E-state index contributed by atoms with van der Waals surface area (Å²) >= 11 is 0. The number of aromatic amines is 1. The van der Waals surface area contributed by atoms with Gasteiger partial charge in [-0.2, -0.15) is 5.10 Å². The number of likely N-dealkylation sites (N-methyl/N-ethyl adjacent to an activating group) is 1. The molecule has 4 rings (SSSR count). The van der Waals surface area contributed by atoms with E-state index in [9.17, 15) is 19.2 Å². The number of nitrogens with one attached hydrogen (secondary N) is 3. The Labute approximate surface area is 245 Å². The summed E-state index contributed by atoms with van der Waals surface area (Å²) in [5, 5.41) is 12.5. The van der Waals surface area contributed by atoms with Gasteiger partial charge in [0.2, 0.25) is 17.7 Å². The zero-order valence-corrected chi connectivity index (χ0v) is 24.3. The molecule has 2 aromatic carbocycles. The average Bonchev–Trinajstić information content (AvgIpc) is 3.55. The molecule has 4 amide bonds. The molecular weight excluding hydrogens is 536 g/mol. The van der Waals surface area contributed by atoms with E-state index in [1.54, 1.807) is 56.6 Å². The van der Waals surface area contributed by atoms with Gasteiger partial charge in [0, 0.05) is 56.8 Å². The summed E-state index contributed by atoms with van der Waals surface area (Å²) in [6.45, 7) is 2.75. The fourth-order valence-corrected chi connectivity index (χ4v) is 4.87. The van der Waals surface area contributed by atoms with Gasteiger partial charge < -0.3 is 25.2 Å². The van der Waals surface area contributed by atoms with E-state index >= 15 is 0 Å². The van der Waals surface area contributed by atoms with Gasteiger partial charge in [-0.05, 0) is 55.2 Å². The molecule has 11 nitrogen and oxygen atoms in total. The predicted molar refractivity (Wildman–Crippen MR) is 158 cm³/mol. The molecule has 1 fully saturated rings. The van der Waals surface area contributed by atoms with E-state index in [2.05, 4.69) is 20.8 Å². The van der Waals surface area contributed by atoms with Crippen LogP contribution in [0.1, 0.15) is 42.1 Å². The summed E-state index contributed by atoms with van der Waals surface area (Å²) in [6.07, 6.45) is 4.80. The van der Waals surface area contributed by atoms with Crippen LogP contribution in [0.3, 0.4) is 0 Å². The number of amides is 4. The fraction of sp³-hybridized carbons (Fsp3) is 0.387. The number of hydrogen-bond donors (Lipinski definition) is 3. The zero-order valence-electron chi connectivity index (χ0n) is 24.3. The highest BCUT2D eigenvalue weighted by molar-refractivity contribution is 5.95. The fourth-order valence-electron chi connectivity index (χ4n) is 4.87. The molecule has 1 aliphatic heterocycles. The summed E-state index contributed by atoms with van der Waals surface area (Å²) in [6, 6.07) is 13.0. The highest BCUT2D eigenvalue weighted by atomic mass is 16.5. The monoisotopic (exact) mass is 574 g/mol. The van der Waals surface area contributed by atoms with Crippen LogP contribution >= 0.6 is 0 Å². The van der Waals surface area contributed by atoms with E-state index in [4.69, 9.17) is 4.74 Å². The van der Waals surface area contributed by atoms with Gasteiger partial charge in [0.1, 0.15) is 17.8 Å². The number of H-pyrrole nitrogens is 1. The third-order valence-corrected chi connectivity index (χ3v) is 7.50. The van der Waals surface area contributed by atoms with Crippen LogP contribution in [0.15, 0.2) is 60.9 Å². The lowest BCUT2D eigenvalue weighted by molar-refractivity contribution is -0.141. The zero-order chi connectivity index (χ0) is 30.1. The number of rotatable bonds is 5. The van der Waals surface area contributed by atoms with E-state index in [0.29, 0.717) is 43.8 Å². The molecule has 3 N–H and O–H groups in total. The highest BCUT2D eigenvalue weighted by Crippen LogP contribution is 2.20. The van der Waals surface area contributed by atoms with Crippen LogP contribution < -0.4 is 15.4 Å². The average molecular weight is 575 g/mol. The minimum absolute atomic E-state index is 0.141. The lowest BCUT2D eigenvalue weighted by Crippen LogP contribution is -2.54. The van der Waals surface area contributed by atoms with E-state index in [1.165, 1.54) is 4.90 Å². The van der Waals surface area contributed by atoms with Crippen molar-refractivity contribution in [2.24, 2.45) is 0 Å². The number of carbonyl (C=O) groups excluding carboxylic acids is 4. The molecule has 0 radical (unpaired) electrons. The normalized spacial score (nSPS) is 19.4. The smallest absolute Gasteiger partial charge is 0.253 e. The Kier molecular flexibility index (Phi) is 10.3.